The molecular formula is C29H35N3O4. The lowest BCUT2D eigenvalue weighted by Gasteiger charge is -2.31. The summed E-state index contributed by atoms with van der Waals surface area (Å²) in [6.07, 6.45) is 6.88. The zero-order valence-corrected chi connectivity index (χ0v) is 20.9. The Balaban J connectivity index is 1.57. The molecule has 0 saturated carbocycles. The fraction of sp³-hybridized carbons (Fsp3) is 0.379. The van der Waals surface area contributed by atoms with Crippen LogP contribution in [0, 0.1) is 0 Å². The van der Waals surface area contributed by atoms with E-state index in [1.54, 1.807) is 24.5 Å². The number of benzene rings is 2. The number of hydrogen-bond acceptors (Lipinski definition) is 5. The second-order valence-corrected chi connectivity index (χ2v) is 9.09. The molecule has 4 rings (SSSR count). The molecular weight excluding hydrogens is 454 g/mol. The quantitative estimate of drug-likeness (QED) is 0.372. The minimum Gasteiger partial charge on any atom is -0.484 e. The average molecular weight is 490 g/mol. The highest BCUT2D eigenvalue weighted by Crippen LogP contribution is 2.29. The highest BCUT2D eigenvalue weighted by atomic mass is 16.5. The number of ether oxygens (including phenoxy) is 1. The van der Waals surface area contributed by atoms with E-state index in [2.05, 4.69) is 17.1 Å². The Morgan fingerprint density at radius 2 is 1.83 bits per heavy atom. The minimum atomic E-state index is -0.276. The number of nitrogens with zero attached hydrogens (tertiary/aromatic N) is 2. The number of piperidine rings is 1. The van der Waals surface area contributed by atoms with Crippen molar-refractivity contribution in [2.75, 3.05) is 36.5 Å². The van der Waals surface area contributed by atoms with Crippen molar-refractivity contribution < 1.29 is 18.7 Å². The van der Waals surface area contributed by atoms with Gasteiger partial charge in [0.1, 0.15) is 11.5 Å². The van der Waals surface area contributed by atoms with Crippen molar-refractivity contribution in [3.8, 4) is 5.75 Å². The highest BCUT2D eigenvalue weighted by molar-refractivity contribution is 6.02. The summed E-state index contributed by atoms with van der Waals surface area (Å²) >= 11 is 0. The predicted molar refractivity (Wildman–Crippen MR) is 141 cm³/mol. The van der Waals surface area contributed by atoms with Crippen molar-refractivity contribution in [2.24, 2.45) is 0 Å². The van der Waals surface area contributed by atoms with E-state index in [-0.39, 0.29) is 18.4 Å². The summed E-state index contributed by atoms with van der Waals surface area (Å²) < 4.78 is 11.2. The fourth-order valence-electron chi connectivity index (χ4n) is 4.42. The standard InChI is InChI=1S/C29H35N3O4/c1-2-3-16-32(21-25-13-10-19-35-25)27-15-14-23(20-26(27)29(34)31-17-8-5-9-18-31)30-28(33)22-36-24-11-6-4-7-12-24/h4,6-7,10-15,19-20H,2-3,5,8-9,16-18,21-22H2,1H3,(H,30,33). The topological polar surface area (TPSA) is 75.0 Å². The van der Waals surface area contributed by atoms with E-state index in [4.69, 9.17) is 9.15 Å². The van der Waals surface area contributed by atoms with Gasteiger partial charge in [0.15, 0.2) is 6.61 Å². The number of unbranched alkanes of at least 4 members (excludes halogenated alkanes) is 1. The van der Waals surface area contributed by atoms with Gasteiger partial charge in [-0.1, -0.05) is 31.5 Å². The summed E-state index contributed by atoms with van der Waals surface area (Å²) in [5.74, 6) is 1.20. The normalized spacial score (nSPS) is 13.3. The Labute approximate surface area is 213 Å². The molecule has 0 spiro atoms. The number of carbonyl (C=O) groups excluding carboxylic acids is 2. The molecule has 0 radical (unpaired) electrons. The molecule has 2 aromatic carbocycles. The molecule has 7 heteroatoms. The number of hydrogen-bond donors (Lipinski definition) is 1. The Hall–Kier alpha value is -3.74. The van der Waals surface area contributed by atoms with Crippen LogP contribution in [0.15, 0.2) is 71.3 Å². The predicted octanol–water partition coefficient (Wildman–Crippen LogP) is 5.73. The number of amides is 2. The van der Waals surface area contributed by atoms with Crippen molar-refractivity contribution >= 4 is 23.2 Å². The molecule has 0 bridgehead atoms. The van der Waals surface area contributed by atoms with E-state index in [0.29, 0.717) is 23.5 Å². The highest BCUT2D eigenvalue weighted by Gasteiger charge is 2.24. The first-order chi connectivity index (χ1) is 17.6. The Kier molecular flexibility index (Phi) is 9.03. The van der Waals surface area contributed by atoms with Crippen LogP contribution in [0.5, 0.6) is 5.75 Å². The van der Waals surface area contributed by atoms with Crippen LogP contribution in [-0.4, -0.2) is 43.0 Å². The van der Waals surface area contributed by atoms with Gasteiger partial charge in [0, 0.05) is 25.3 Å². The SMILES string of the molecule is CCCCN(Cc1ccco1)c1ccc(NC(=O)COc2ccccc2)cc1C(=O)N1CCCCC1. The molecule has 1 saturated heterocycles. The molecule has 1 fully saturated rings. The smallest absolute Gasteiger partial charge is 0.262 e. The van der Waals surface area contributed by atoms with Crippen LogP contribution < -0.4 is 15.0 Å². The van der Waals surface area contributed by atoms with Gasteiger partial charge in [-0.05, 0) is 68.1 Å². The minimum absolute atomic E-state index is 0.00211. The van der Waals surface area contributed by atoms with Gasteiger partial charge < -0.3 is 24.3 Å². The molecule has 1 N–H and O–H groups in total. The first-order valence-corrected chi connectivity index (χ1v) is 12.8. The van der Waals surface area contributed by atoms with Crippen LogP contribution >= 0.6 is 0 Å². The summed E-state index contributed by atoms with van der Waals surface area (Å²) in [5, 5.41) is 2.89. The molecule has 7 nitrogen and oxygen atoms in total. The van der Waals surface area contributed by atoms with Crippen molar-refractivity contribution in [1.82, 2.24) is 4.90 Å². The molecule has 1 aliphatic rings. The van der Waals surface area contributed by atoms with Gasteiger partial charge in [-0.3, -0.25) is 9.59 Å². The monoisotopic (exact) mass is 489 g/mol. The summed E-state index contributed by atoms with van der Waals surface area (Å²) in [6, 6.07) is 18.6. The molecule has 1 aromatic heterocycles. The Morgan fingerprint density at radius 3 is 2.56 bits per heavy atom. The first kappa shape index (κ1) is 25.4. The Bertz CT molecular complexity index is 1110. The molecule has 3 aromatic rings. The molecule has 2 heterocycles. The largest absolute Gasteiger partial charge is 0.484 e. The number of para-hydroxylation sites is 1. The van der Waals surface area contributed by atoms with Crippen molar-refractivity contribution in [1.29, 1.82) is 0 Å². The lowest BCUT2D eigenvalue weighted by Crippen LogP contribution is -2.37. The zero-order valence-electron chi connectivity index (χ0n) is 20.9. The number of likely N-dealkylation sites (tertiary alicyclic amines) is 1. The van der Waals surface area contributed by atoms with Gasteiger partial charge in [0.25, 0.3) is 11.8 Å². The summed E-state index contributed by atoms with van der Waals surface area (Å²) in [7, 11) is 0. The van der Waals surface area contributed by atoms with Gasteiger partial charge >= 0.3 is 0 Å². The van der Waals surface area contributed by atoms with E-state index in [9.17, 15) is 9.59 Å². The van der Waals surface area contributed by atoms with E-state index >= 15 is 0 Å². The summed E-state index contributed by atoms with van der Waals surface area (Å²) in [4.78, 5) is 30.4. The molecule has 36 heavy (non-hydrogen) atoms. The molecule has 190 valence electrons. The maximum Gasteiger partial charge on any atom is 0.262 e. The molecule has 1 aliphatic heterocycles. The van der Waals surface area contributed by atoms with Gasteiger partial charge in [0.05, 0.1) is 24.1 Å². The number of furan rings is 1. The number of nitrogens with one attached hydrogen (secondary N) is 1. The summed E-state index contributed by atoms with van der Waals surface area (Å²) in [6.45, 7) is 4.93. The fourth-order valence-corrected chi connectivity index (χ4v) is 4.42. The van der Waals surface area contributed by atoms with E-state index in [1.165, 1.54) is 0 Å². The molecule has 0 unspecified atom stereocenters. The van der Waals surface area contributed by atoms with Gasteiger partial charge in [-0.2, -0.15) is 0 Å². The van der Waals surface area contributed by atoms with Crippen LogP contribution in [-0.2, 0) is 11.3 Å². The third-order valence-electron chi connectivity index (χ3n) is 6.32. The number of carbonyl (C=O) groups is 2. The van der Waals surface area contributed by atoms with Crippen molar-refractivity contribution in [2.45, 2.75) is 45.6 Å². The molecule has 0 aliphatic carbocycles. The second kappa shape index (κ2) is 12.8. The summed E-state index contributed by atoms with van der Waals surface area (Å²) in [5.41, 5.74) is 2.03. The van der Waals surface area contributed by atoms with E-state index < -0.39 is 0 Å². The number of anilines is 2. The first-order valence-electron chi connectivity index (χ1n) is 12.8. The molecule has 2 amide bonds. The van der Waals surface area contributed by atoms with Crippen LogP contribution in [0.3, 0.4) is 0 Å². The Morgan fingerprint density at radius 1 is 1.03 bits per heavy atom. The number of rotatable bonds is 11. The zero-order chi connectivity index (χ0) is 25.2. The maximum atomic E-state index is 13.7. The van der Waals surface area contributed by atoms with Crippen molar-refractivity contribution in [3.05, 3.63) is 78.3 Å². The van der Waals surface area contributed by atoms with Gasteiger partial charge in [-0.25, -0.2) is 0 Å². The lowest BCUT2D eigenvalue weighted by atomic mass is 10.1. The van der Waals surface area contributed by atoms with E-state index in [0.717, 1.165) is 63.2 Å². The van der Waals surface area contributed by atoms with E-state index in [1.807, 2.05) is 47.4 Å². The van der Waals surface area contributed by atoms with Crippen LogP contribution in [0.2, 0.25) is 0 Å². The van der Waals surface area contributed by atoms with Crippen LogP contribution in [0.4, 0.5) is 11.4 Å². The van der Waals surface area contributed by atoms with Crippen molar-refractivity contribution in [3.63, 3.8) is 0 Å². The lowest BCUT2D eigenvalue weighted by molar-refractivity contribution is -0.118. The average Bonchev–Trinajstić information content (AvgIpc) is 3.44. The van der Waals surface area contributed by atoms with Gasteiger partial charge in [0.2, 0.25) is 0 Å². The van der Waals surface area contributed by atoms with Crippen LogP contribution in [0.1, 0.15) is 55.1 Å². The van der Waals surface area contributed by atoms with Crippen LogP contribution in [0.25, 0.3) is 0 Å². The third kappa shape index (κ3) is 6.90. The maximum absolute atomic E-state index is 13.7. The third-order valence-corrected chi connectivity index (χ3v) is 6.32. The second-order valence-electron chi connectivity index (χ2n) is 9.09. The van der Waals surface area contributed by atoms with Gasteiger partial charge in [-0.15, -0.1) is 0 Å². The molecule has 0 atom stereocenters.